The summed E-state index contributed by atoms with van der Waals surface area (Å²) < 4.78 is 5.43. The lowest BCUT2D eigenvalue weighted by molar-refractivity contribution is 0.103. The molecular formula is C23H24O2Si. The van der Waals surface area contributed by atoms with Crippen LogP contribution in [-0.4, -0.2) is 20.5 Å². The summed E-state index contributed by atoms with van der Waals surface area (Å²) in [6.45, 7) is 7.24. The van der Waals surface area contributed by atoms with Crippen LogP contribution in [0.5, 0.6) is 5.75 Å². The van der Waals surface area contributed by atoms with Crippen LogP contribution in [0.25, 0.3) is 0 Å². The molecular weight excluding hydrogens is 336 g/mol. The SMILES string of the molecule is CCOc1ccc(C(=O)c2ccc([Si](C)(C)c3ccccc3)cc2)cc1. The Bertz CT molecular complexity index is 866. The Hall–Kier alpha value is -2.65. The van der Waals surface area contributed by atoms with Gasteiger partial charge in [-0.25, -0.2) is 0 Å². The second kappa shape index (κ2) is 7.71. The third-order valence-corrected chi connectivity index (χ3v) is 8.35. The fraction of sp³-hybridized carbons (Fsp3) is 0.174. The first-order valence-electron chi connectivity index (χ1n) is 8.96. The van der Waals surface area contributed by atoms with Crippen LogP contribution in [0.1, 0.15) is 22.8 Å². The Morgan fingerprint density at radius 2 is 1.27 bits per heavy atom. The number of hydrogen-bond acceptors (Lipinski definition) is 2. The molecule has 0 bridgehead atoms. The number of hydrogen-bond donors (Lipinski definition) is 0. The molecule has 3 aromatic carbocycles. The van der Waals surface area contributed by atoms with E-state index in [1.54, 1.807) is 0 Å². The number of carbonyl (C=O) groups excluding carboxylic acids is 1. The number of carbonyl (C=O) groups is 1. The molecule has 0 aromatic heterocycles. The molecule has 0 aliphatic heterocycles. The van der Waals surface area contributed by atoms with Crippen LogP contribution in [0.4, 0.5) is 0 Å². The normalized spacial score (nSPS) is 11.2. The van der Waals surface area contributed by atoms with Crippen molar-refractivity contribution in [3.63, 3.8) is 0 Å². The fourth-order valence-electron chi connectivity index (χ4n) is 3.10. The average molecular weight is 361 g/mol. The molecule has 0 heterocycles. The highest BCUT2D eigenvalue weighted by Gasteiger charge is 2.25. The molecule has 0 spiro atoms. The summed E-state index contributed by atoms with van der Waals surface area (Å²) in [7, 11) is -1.74. The van der Waals surface area contributed by atoms with Crippen molar-refractivity contribution in [3.8, 4) is 5.75 Å². The molecule has 0 N–H and O–H groups in total. The molecule has 0 radical (unpaired) electrons. The molecule has 26 heavy (non-hydrogen) atoms. The maximum absolute atomic E-state index is 12.7. The van der Waals surface area contributed by atoms with Crippen LogP contribution in [0.3, 0.4) is 0 Å². The van der Waals surface area contributed by atoms with Gasteiger partial charge in [0.25, 0.3) is 0 Å². The average Bonchev–Trinajstić information content (AvgIpc) is 2.69. The van der Waals surface area contributed by atoms with Crippen LogP contribution in [0.15, 0.2) is 78.9 Å². The molecule has 0 atom stereocenters. The highest BCUT2D eigenvalue weighted by atomic mass is 28.3. The molecule has 0 fully saturated rings. The van der Waals surface area contributed by atoms with Crippen LogP contribution >= 0.6 is 0 Å². The zero-order valence-corrected chi connectivity index (χ0v) is 16.5. The van der Waals surface area contributed by atoms with Gasteiger partial charge in [0.1, 0.15) is 13.8 Å². The minimum absolute atomic E-state index is 0.0405. The smallest absolute Gasteiger partial charge is 0.193 e. The Morgan fingerprint density at radius 1 is 0.769 bits per heavy atom. The van der Waals surface area contributed by atoms with E-state index in [4.69, 9.17) is 4.74 Å². The molecule has 3 rings (SSSR count). The van der Waals surface area contributed by atoms with E-state index in [0.717, 1.165) is 11.3 Å². The van der Waals surface area contributed by atoms with Gasteiger partial charge in [-0.3, -0.25) is 4.79 Å². The van der Waals surface area contributed by atoms with Crippen LogP contribution in [0, 0.1) is 0 Å². The lowest BCUT2D eigenvalue weighted by atomic mass is 10.0. The van der Waals surface area contributed by atoms with Crippen molar-refractivity contribution >= 4 is 24.2 Å². The van der Waals surface area contributed by atoms with E-state index in [1.807, 2.05) is 49.4 Å². The quantitative estimate of drug-likeness (QED) is 0.488. The zero-order chi connectivity index (χ0) is 18.6. The third-order valence-electron chi connectivity index (χ3n) is 4.79. The number of rotatable bonds is 6. The number of ketones is 1. The molecule has 3 aromatic rings. The molecule has 3 heteroatoms. The van der Waals surface area contributed by atoms with Gasteiger partial charge in [0.05, 0.1) is 6.61 Å². The Kier molecular flexibility index (Phi) is 5.38. The number of ether oxygens (including phenoxy) is 1. The van der Waals surface area contributed by atoms with Crippen molar-refractivity contribution in [2.75, 3.05) is 6.61 Å². The third kappa shape index (κ3) is 3.78. The maximum atomic E-state index is 12.7. The molecule has 0 unspecified atom stereocenters. The maximum Gasteiger partial charge on any atom is 0.193 e. The monoisotopic (exact) mass is 360 g/mol. The van der Waals surface area contributed by atoms with Crippen LogP contribution in [-0.2, 0) is 0 Å². The first-order valence-corrected chi connectivity index (χ1v) is 12.0. The van der Waals surface area contributed by atoms with Crippen LogP contribution < -0.4 is 15.1 Å². The van der Waals surface area contributed by atoms with E-state index in [0.29, 0.717) is 12.2 Å². The van der Waals surface area contributed by atoms with Gasteiger partial charge < -0.3 is 4.74 Å². The van der Waals surface area contributed by atoms with Gasteiger partial charge in [0.2, 0.25) is 0 Å². The first kappa shape index (κ1) is 18.1. The summed E-state index contributed by atoms with van der Waals surface area (Å²) in [5.74, 6) is 0.828. The highest BCUT2D eigenvalue weighted by molar-refractivity contribution is 7.00. The first-order chi connectivity index (χ1) is 12.5. The van der Waals surface area contributed by atoms with Crippen molar-refractivity contribution in [3.05, 3.63) is 90.0 Å². The molecule has 0 saturated carbocycles. The Balaban J connectivity index is 1.82. The molecule has 132 valence electrons. The largest absolute Gasteiger partial charge is 0.494 e. The van der Waals surface area contributed by atoms with Gasteiger partial charge in [-0.2, -0.15) is 0 Å². The second-order valence-electron chi connectivity index (χ2n) is 6.85. The van der Waals surface area contributed by atoms with Crippen LogP contribution in [0.2, 0.25) is 13.1 Å². The summed E-state index contributed by atoms with van der Waals surface area (Å²) in [6, 6.07) is 26.1. The van der Waals surface area contributed by atoms with E-state index in [9.17, 15) is 4.79 Å². The van der Waals surface area contributed by atoms with Gasteiger partial charge in [0.15, 0.2) is 5.78 Å². The van der Waals surface area contributed by atoms with Crippen molar-refractivity contribution in [1.29, 1.82) is 0 Å². The van der Waals surface area contributed by atoms with E-state index < -0.39 is 8.07 Å². The molecule has 0 aliphatic rings. The predicted octanol–water partition coefficient (Wildman–Crippen LogP) is 4.14. The molecule has 2 nitrogen and oxygen atoms in total. The topological polar surface area (TPSA) is 26.3 Å². The van der Waals surface area contributed by atoms with E-state index in [2.05, 4.69) is 49.5 Å². The van der Waals surface area contributed by atoms with E-state index >= 15 is 0 Å². The summed E-state index contributed by atoms with van der Waals surface area (Å²) >= 11 is 0. The van der Waals surface area contributed by atoms with E-state index in [1.165, 1.54) is 10.4 Å². The molecule has 0 saturated heterocycles. The summed E-state index contributed by atoms with van der Waals surface area (Å²) in [6.07, 6.45) is 0. The minimum atomic E-state index is -1.74. The second-order valence-corrected chi connectivity index (χ2v) is 11.3. The summed E-state index contributed by atoms with van der Waals surface area (Å²) in [5.41, 5.74) is 1.40. The lowest BCUT2D eigenvalue weighted by Crippen LogP contribution is -2.52. The Labute approximate surface area is 156 Å². The van der Waals surface area contributed by atoms with Crippen molar-refractivity contribution in [2.24, 2.45) is 0 Å². The predicted molar refractivity (Wildman–Crippen MR) is 111 cm³/mol. The Morgan fingerprint density at radius 3 is 1.81 bits per heavy atom. The standard InChI is InChI=1S/C23H24O2Si/c1-4-25-20-14-10-18(11-15-20)23(24)19-12-16-22(17-13-19)26(2,3)21-8-6-5-7-9-21/h5-17H,4H2,1-3H3. The lowest BCUT2D eigenvalue weighted by Gasteiger charge is -2.23. The van der Waals surface area contributed by atoms with Gasteiger partial charge in [0, 0.05) is 11.1 Å². The van der Waals surface area contributed by atoms with Gasteiger partial charge in [-0.1, -0.05) is 78.1 Å². The number of benzene rings is 3. The van der Waals surface area contributed by atoms with E-state index in [-0.39, 0.29) is 5.78 Å². The van der Waals surface area contributed by atoms with Gasteiger partial charge >= 0.3 is 0 Å². The summed E-state index contributed by atoms with van der Waals surface area (Å²) in [4.78, 5) is 12.7. The fourth-order valence-corrected chi connectivity index (χ4v) is 5.45. The van der Waals surface area contributed by atoms with Gasteiger partial charge in [-0.05, 0) is 31.2 Å². The molecule has 0 amide bonds. The summed E-state index contributed by atoms with van der Waals surface area (Å²) in [5, 5.41) is 2.72. The van der Waals surface area contributed by atoms with Crippen molar-refractivity contribution in [2.45, 2.75) is 20.0 Å². The van der Waals surface area contributed by atoms with Gasteiger partial charge in [-0.15, -0.1) is 0 Å². The van der Waals surface area contributed by atoms with Crippen molar-refractivity contribution in [1.82, 2.24) is 0 Å². The minimum Gasteiger partial charge on any atom is -0.494 e. The zero-order valence-electron chi connectivity index (χ0n) is 15.5. The molecule has 0 aliphatic carbocycles. The van der Waals surface area contributed by atoms with Crippen molar-refractivity contribution < 1.29 is 9.53 Å². The highest BCUT2D eigenvalue weighted by Crippen LogP contribution is 2.16.